The second-order valence-electron chi connectivity index (χ2n) is 7.94. The summed E-state index contributed by atoms with van der Waals surface area (Å²) < 4.78 is 0. The predicted molar refractivity (Wildman–Crippen MR) is 102 cm³/mol. The molecular formula is C19H23Cl2NOS. The fourth-order valence-electron chi connectivity index (χ4n) is 5.51. The summed E-state index contributed by atoms with van der Waals surface area (Å²) in [5.41, 5.74) is 1.03. The van der Waals surface area contributed by atoms with Gasteiger partial charge in [0.1, 0.15) is 0 Å². The van der Waals surface area contributed by atoms with Crippen molar-refractivity contribution < 1.29 is 4.79 Å². The van der Waals surface area contributed by atoms with Crippen molar-refractivity contribution in [3.63, 3.8) is 0 Å². The van der Waals surface area contributed by atoms with Gasteiger partial charge in [-0.25, -0.2) is 0 Å². The smallest absolute Gasteiger partial charge is 0.230 e. The number of thioether (sulfide) groups is 1. The fourth-order valence-corrected chi connectivity index (χ4v) is 7.08. The molecule has 4 bridgehead atoms. The molecule has 0 unspecified atom stereocenters. The van der Waals surface area contributed by atoms with Crippen molar-refractivity contribution in [3.8, 4) is 0 Å². The van der Waals surface area contributed by atoms with Crippen molar-refractivity contribution >= 4 is 40.9 Å². The van der Waals surface area contributed by atoms with Crippen molar-refractivity contribution in [1.29, 1.82) is 0 Å². The molecule has 5 rings (SSSR count). The number of amides is 1. The van der Waals surface area contributed by atoms with E-state index < -0.39 is 0 Å². The third kappa shape index (κ3) is 3.45. The highest BCUT2D eigenvalue weighted by Gasteiger charge is 2.51. The molecule has 0 saturated heterocycles. The van der Waals surface area contributed by atoms with E-state index in [0.717, 1.165) is 23.3 Å². The van der Waals surface area contributed by atoms with Gasteiger partial charge in [-0.05, 0) is 74.0 Å². The zero-order valence-electron chi connectivity index (χ0n) is 13.7. The van der Waals surface area contributed by atoms with Crippen LogP contribution in [0.2, 0.25) is 10.0 Å². The van der Waals surface area contributed by atoms with Crippen LogP contribution in [-0.4, -0.2) is 17.2 Å². The number of nitrogens with one attached hydrogen (secondary N) is 1. The highest BCUT2D eigenvalue weighted by Crippen LogP contribution is 2.55. The maximum atomic E-state index is 12.5. The summed E-state index contributed by atoms with van der Waals surface area (Å²) in [5, 5.41) is 4.77. The molecule has 4 aliphatic carbocycles. The van der Waals surface area contributed by atoms with E-state index in [1.165, 1.54) is 38.5 Å². The van der Waals surface area contributed by atoms with Gasteiger partial charge in [-0.1, -0.05) is 29.3 Å². The SMILES string of the molecule is O=C(CSCc1c(Cl)cccc1Cl)NC12CC3CC(CC(C3)C1)C2. The lowest BCUT2D eigenvalue weighted by Crippen LogP contribution is -2.60. The Balaban J connectivity index is 1.31. The van der Waals surface area contributed by atoms with Crippen LogP contribution in [0.1, 0.15) is 44.1 Å². The average Bonchev–Trinajstić information content (AvgIpc) is 2.48. The molecule has 1 aromatic carbocycles. The van der Waals surface area contributed by atoms with E-state index in [0.29, 0.717) is 21.6 Å². The first-order valence-electron chi connectivity index (χ1n) is 8.85. The molecule has 130 valence electrons. The Morgan fingerprint density at radius 1 is 1.08 bits per heavy atom. The molecule has 1 aromatic rings. The molecule has 0 heterocycles. The van der Waals surface area contributed by atoms with Crippen LogP contribution in [0.4, 0.5) is 0 Å². The highest BCUT2D eigenvalue weighted by molar-refractivity contribution is 7.99. The van der Waals surface area contributed by atoms with Gasteiger partial charge in [-0.3, -0.25) is 4.79 Å². The number of hydrogen-bond donors (Lipinski definition) is 1. The Labute approximate surface area is 158 Å². The van der Waals surface area contributed by atoms with Crippen molar-refractivity contribution in [2.75, 3.05) is 5.75 Å². The quantitative estimate of drug-likeness (QED) is 0.745. The summed E-state index contributed by atoms with van der Waals surface area (Å²) in [5.74, 6) is 3.88. The largest absolute Gasteiger partial charge is 0.350 e. The van der Waals surface area contributed by atoms with Gasteiger partial charge in [0.2, 0.25) is 5.91 Å². The molecular weight excluding hydrogens is 361 g/mol. The second-order valence-corrected chi connectivity index (χ2v) is 9.74. The number of rotatable bonds is 5. The first-order valence-corrected chi connectivity index (χ1v) is 10.8. The lowest BCUT2D eigenvalue weighted by Gasteiger charge is -2.56. The maximum absolute atomic E-state index is 12.5. The maximum Gasteiger partial charge on any atom is 0.230 e. The van der Waals surface area contributed by atoms with Gasteiger partial charge in [-0.15, -0.1) is 11.8 Å². The molecule has 24 heavy (non-hydrogen) atoms. The Kier molecular flexibility index (Phi) is 4.79. The third-order valence-corrected chi connectivity index (χ3v) is 7.65. The Hall–Kier alpha value is -0.380. The molecule has 4 aliphatic rings. The summed E-state index contributed by atoms with van der Waals surface area (Å²) in [7, 11) is 0. The third-order valence-electron chi connectivity index (χ3n) is 5.98. The van der Waals surface area contributed by atoms with Gasteiger partial charge in [-0.2, -0.15) is 0 Å². The number of halogens is 2. The number of hydrogen-bond acceptors (Lipinski definition) is 2. The lowest BCUT2D eigenvalue weighted by molar-refractivity contribution is -0.124. The van der Waals surface area contributed by atoms with E-state index in [2.05, 4.69) is 5.32 Å². The summed E-state index contributed by atoms with van der Waals surface area (Å²) in [6, 6.07) is 5.54. The zero-order valence-corrected chi connectivity index (χ0v) is 16.0. The van der Waals surface area contributed by atoms with E-state index in [1.54, 1.807) is 11.8 Å². The standard InChI is InChI=1S/C19H23Cl2NOS/c20-16-2-1-3-17(21)15(16)10-24-11-18(23)22-19-7-12-4-13(8-19)6-14(5-12)9-19/h1-3,12-14H,4-11H2,(H,22,23). The van der Waals surface area contributed by atoms with Crippen LogP contribution in [0.15, 0.2) is 18.2 Å². The van der Waals surface area contributed by atoms with E-state index in [1.807, 2.05) is 18.2 Å². The molecule has 1 N–H and O–H groups in total. The van der Waals surface area contributed by atoms with Crippen LogP contribution in [0.5, 0.6) is 0 Å². The highest BCUT2D eigenvalue weighted by atomic mass is 35.5. The molecule has 0 atom stereocenters. The molecule has 0 aromatic heterocycles. The molecule has 4 saturated carbocycles. The van der Waals surface area contributed by atoms with Crippen LogP contribution in [0.3, 0.4) is 0 Å². The second kappa shape index (κ2) is 6.74. The molecule has 0 spiro atoms. The molecule has 5 heteroatoms. The molecule has 0 radical (unpaired) electrons. The lowest BCUT2D eigenvalue weighted by atomic mass is 9.53. The zero-order chi connectivity index (χ0) is 16.7. The number of benzene rings is 1. The molecule has 1 amide bonds. The van der Waals surface area contributed by atoms with E-state index >= 15 is 0 Å². The van der Waals surface area contributed by atoms with E-state index in [-0.39, 0.29) is 11.4 Å². The minimum absolute atomic E-state index is 0.106. The first kappa shape index (κ1) is 17.1. The number of carbonyl (C=O) groups excluding carboxylic acids is 1. The summed E-state index contributed by atoms with van der Waals surface area (Å²) >= 11 is 14.0. The van der Waals surface area contributed by atoms with Crippen molar-refractivity contribution in [3.05, 3.63) is 33.8 Å². The predicted octanol–water partition coefficient (Wildman–Crippen LogP) is 5.31. The molecule has 0 aliphatic heterocycles. The van der Waals surface area contributed by atoms with Gasteiger partial charge < -0.3 is 5.32 Å². The fraction of sp³-hybridized carbons (Fsp3) is 0.632. The van der Waals surface area contributed by atoms with Crippen LogP contribution in [0.25, 0.3) is 0 Å². The van der Waals surface area contributed by atoms with Gasteiger partial charge >= 0.3 is 0 Å². The monoisotopic (exact) mass is 383 g/mol. The summed E-state index contributed by atoms with van der Waals surface area (Å²) in [6.07, 6.45) is 7.79. The Morgan fingerprint density at radius 2 is 1.62 bits per heavy atom. The van der Waals surface area contributed by atoms with Gasteiger partial charge in [0.05, 0.1) is 5.75 Å². The molecule has 4 fully saturated rings. The Bertz CT molecular complexity index is 593. The van der Waals surface area contributed by atoms with Crippen LogP contribution >= 0.6 is 35.0 Å². The minimum Gasteiger partial charge on any atom is -0.350 e. The average molecular weight is 384 g/mol. The van der Waals surface area contributed by atoms with Crippen LogP contribution in [-0.2, 0) is 10.5 Å². The summed E-state index contributed by atoms with van der Waals surface area (Å²) in [6.45, 7) is 0. The number of carbonyl (C=O) groups is 1. The normalized spacial score (nSPS) is 33.7. The van der Waals surface area contributed by atoms with Gasteiger partial charge in [0, 0.05) is 21.3 Å². The van der Waals surface area contributed by atoms with Crippen LogP contribution < -0.4 is 5.32 Å². The van der Waals surface area contributed by atoms with Crippen molar-refractivity contribution in [2.24, 2.45) is 17.8 Å². The molecule has 2 nitrogen and oxygen atoms in total. The first-order chi connectivity index (χ1) is 11.5. The van der Waals surface area contributed by atoms with Crippen LogP contribution in [0, 0.1) is 17.8 Å². The Morgan fingerprint density at radius 3 is 2.17 bits per heavy atom. The summed E-state index contributed by atoms with van der Waals surface area (Å²) in [4.78, 5) is 12.5. The van der Waals surface area contributed by atoms with E-state index in [4.69, 9.17) is 23.2 Å². The minimum atomic E-state index is 0.106. The topological polar surface area (TPSA) is 29.1 Å². The van der Waals surface area contributed by atoms with Crippen molar-refractivity contribution in [2.45, 2.75) is 49.8 Å². The van der Waals surface area contributed by atoms with Gasteiger partial charge in [0.15, 0.2) is 0 Å². The van der Waals surface area contributed by atoms with Gasteiger partial charge in [0.25, 0.3) is 0 Å². The van der Waals surface area contributed by atoms with E-state index in [9.17, 15) is 4.79 Å². The van der Waals surface area contributed by atoms with Crippen molar-refractivity contribution in [1.82, 2.24) is 5.32 Å².